The lowest BCUT2D eigenvalue weighted by Gasteiger charge is -2.05. The van der Waals surface area contributed by atoms with Crippen molar-refractivity contribution in [3.8, 4) is 0 Å². The second-order valence-corrected chi connectivity index (χ2v) is 6.11. The van der Waals surface area contributed by atoms with Gasteiger partial charge in [-0.2, -0.15) is 0 Å². The summed E-state index contributed by atoms with van der Waals surface area (Å²) in [6.45, 7) is 5.88. The lowest BCUT2D eigenvalue weighted by Crippen LogP contribution is -2.04. The number of aromatic nitrogens is 1. The zero-order chi connectivity index (χ0) is 18.5. The van der Waals surface area contributed by atoms with Crippen LogP contribution >= 0.6 is 0 Å². The SMILES string of the molecule is CC(=Nc1ccc(C)cc1)c1cccc(C(C)=Nc2ccc(F)cc2)n1. The van der Waals surface area contributed by atoms with E-state index in [4.69, 9.17) is 0 Å². The Balaban J connectivity index is 1.87. The molecule has 3 aromatic rings. The second-order valence-electron chi connectivity index (χ2n) is 6.11. The molecule has 26 heavy (non-hydrogen) atoms. The molecule has 0 bridgehead atoms. The second kappa shape index (κ2) is 7.83. The first kappa shape index (κ1) is 17.7. The van der Waals surface area contributed by atoms with Crippen LogP contribution in [0.25, 0.3) is 0 Å². The Morgan fingerprint density at radius 2 is 1.19 bits per heavy atom. The minimum Gasteiger partial charge on any atom is -0.252 e. The Hall–Kier alpha value is -3.14. The van der Waals surface area contributed by atoms with Gasteiger partial charge in [0.25, 0.3) is 0 Å². The maximum atomic E-state index is 13.0. The molecule has 3 nitrogen and oxygen atoms in total. The van der Waals surface area contributed by atoms with Crippen molar-refractivity contribution in [3.05, 3.63) is 89.5 Å². The highest BCUT2D eigenvalue weighted by atomic mass is 19.1. The van der Waals surface area contributed by atoms with Crippen molar-refractivity contribution in [2.45, 2.75) is 20.8 Å². The number of benzene rings is 2. The van der Waals surface area contributed by atoms with Gasteiger partial charge in [-0.15, -0.1) is 0 Å². The smallest absolute Gasteiger partial charge is 0.123 e. The zero-order valence-electron chi connectivity index (χ0n) is 15.1. The quantitative estimate of drug-likeness (QED) is 0.550. The van der Waals surface area contributed by atoms with Gasteiger partial charge in [-0.3, -0.25) is 9.98 Å². The van der Waals surface area contributed by atoms with E-state index >= 15 is 0 Å². The molecule has 3 rings (SSSR count). The van der Waals surface area contributed by atoms with E-state index in [0.717, 1.165) is 28.5 Å². The third-order valence-corrected chi connectivity index (χ3v) is 3.94. The minimum atomic E-state index is -0.273. The summed E-state index contributed by atoms with van der Waals surface area (Å²) >= 11 is 0. The van der Waals surface area contributed by atoms with Crippen LogP contribution < -0.4 is 0 Å². The Kier molecular flexibility index (Phi) is 5.32. The molecule has 0 aliphatic rings. The van der Waals surface area contributed by atoms with Crippen LogP contribution in [0.15, 0.2) is 76.7 Å². The van der Waals surface area contributed by atoms with Gasteiger partial charge in [0.05, 0.1) is 34.2 Å². The summed E-state index contributed by atoms with van der Waals surface area (Å²) in [5, 5.41) is 0. The third-order valence-electron chi connectivity index (χ3n) is 3.94. The van der Waals surface area contributed by atoms with E-state index in [1.54, 1.807) is 12.1 Å². The highest BCUT2D eigenvalue weighted by molar-refractivity contribution is 6.02. The maximum absolute atomic E-state index is 13.0. The fourth-order valence-corrected chi connectivity index (χ4v) is 2.47. The van der Waals surface area contributed by atoms with Crippen LogP contribution in [-0.2, 0) is 0 Å². The Morgan fingerprint density at radius 1 is 0.731 bits per heavy atom. The molecule has 2 aromatic carbocycles. The normalized spacial score (nSPS) is 12.3. The van der Waals surface area contributed by atoms with Crippen LogP contribution in [0.3, 0.4) is 0 Å². The minimum absolute atomic E-state index is 0.273. The molecule has 0 radical (unpaired) electrons. The van der Waals surface area contributed by atoms with Crippen molar-refractivity contribution in [1.29, 1.82) is 0 Å². The van der Waals surface area contributed by atoms with Crippen LogP contribution in [0, 0.1) is 12.7 Å². The molecule has 0 unspecified atom stereocenters. The molecular weight excluding hydrogens is 325 g/mol. The van der Waals surface area contributed by atoms with Crippen LogP contribution in [0.1, 0.15) is 30.8 Å². The van der Waals surface area contributed by atoms with Gasteiger partial charge in [-0.05, 0) is 69.3 Å². The van der Waals surface area contributed by atoms with Gasteiger partial charge in [0, 0.05) is 0 Å². The first-order valence-electron chi connectivity index (χ1n) is 8.42. The van der Waals surface area contributed by atoms with Crippen molar-refractivity contribution in [2.75, 3.05) is 0 Å². The van der Waals surface area contributed by atoms with Crippen LogP contribution in [0.4, 0.5) is 15.8 Å². The number of nitrogens with zero attached hydrogens (tertiary/aromatic N) is 3. The molecule has 0 N–H and O–H groups in total. The summed E-state index contributed by atoms with van der Waals surface area (Å²) in [5.41, 5.74) is 5.97. The summed E-state index contributed by atoms with van der Waals surface area (Å²) in [4.78, 5) is 13.8. The number of aliphatic imine (C=N–C) groups is 2. The molecule has 0 spiro atoms. The standard InChI is InChI=1S/C22H20FN3/c1-15-7-11-19(12-8-15)24-16(2)21-5-4-6-22(26-21)17(3)25-20-13-9-18(23)10-14-20/h4-14H,1-3H3. The molecule has 0 saturated heterocycles. The monoisotopic (exact) mass is 345 g/mol. The van der Waals surface area contributed by atoms with Gasteiger partial charge in [0.2, 0.25) is 0 Å². The van der Waals surface area contributed by atoms with E-state index in [9.17, 15) is 4.39 Å². The largest absolute Gasteiger partial charge is 0.252 e. The molecule has 1 aromatic heterocycles. The third kappa shape index (κ3) is 4.48. The number of halogens is 1. The van der Waals surface area contributed by atoms with Gasteiger partial charge in [-0.1, -0.05) is 23.8 Å². The Morgan fingerprint density at radius 3 is 1.69 bits per heavy atom. The van der Waals surface area contributed by atoms with E-state index in [0.29, 0.717) is 5.69 Å². The number of pyridine rings is 1. The van der Waals surface area contributed by atoms with E-state index in [-0.39, 0.29) is 5.82 Å². The van der Waals surface area contributed by atoms with Gasteiger partial charge in [-0.25, -0.2) is 9.37 Å². The number of hydrogen-bond donors (Lipinski definition) is 0. The van der Waals surface area contributed by atoms with Crippen molar-refractivity contribution < 1.29 is 4.39 Å². The van der Waals surface area contributed by atoms with Crippen LogP contribution in [-0.4, -0.2) is 16.4 Å². The molecule has 1 heterocycles. The van der Waals surface area contributed by atoms with Crippen molar-refractivity contribution in [1.82, 2.24) is 4.98 Å². The summed E-state index contributed by atoms with van der Waals surface area (Å²) in [7, 11) is 0. The van der Waals surface area contributed by atoms with E-state index in [1.807, 2.05) is 56.3 Å². The van der Waals surface area contributed by atoms with Crippen LogP contribution in [0.5, 0.6) is 0 Å². The highest BCUT2D eigenvalue weighted by Gasteiger charge is 2.05. The zero-order valence-corrected chi connectivity index (χ0v) is 15.1. The predicted octanol–water partition coefficient (Wildman–Crippen LogP) is 5.81. The Bertz CT molecular complexity index is 879. The molecule has 0 amide bonds. The van der Waals surface area contributed by atoms with E-state index < -0.39 is 0 Å². The average molecular weight is 345 g/mol. The van der Waals surface area contributed by atoms with Crippen molar-refractivity contribution in [2.24, 2.45) is 9.98 Å². The molecule has 0 atom stereocenters. The molecule has 0 aliphatic carbocycles. The Labute approximate surface area is 153 Å². The molecule has 0 saturated carbocycles. The van der Waals surface area contributed by atoms with E-state index in [2.05, 4.69) is 21.9 Å². The summed E-state index contributed by atoms with van der Waals surface area (Å²) in [6.07, 6.45) is 0. The molecule has 0 fully saturated rings. The van der Waals surface area contributed by atoms with Crippen molar-refractivity contribution in [3.63, 3.8) is 0 Å². The summed E-state index contributed by atoms with van der Waals surface area (Å²) < 4.78 is 13.0. The number of hydrogen-bond acceptors (Lipinski definition) is 3. The molecule has 0 aliphatic heterocycles. The highest BCUT2D eigenvalue weighted by Crippen LogP contribution is 2.16. The van der Waals surface area contributed by atoms with Crippen LogP contribution in [0.2, 0.25) is 0 Å². The van der Waals surface area contributed by atoms with Crippen molar-refractivity contribution >= 4 is 22.8 Å². The summed E-state index contributed by atoms with van der Waals surface area (Å²) in [5.74, 6) is -0.273. The predicted molar refractivity (Wildman–Crippen MR) is 106 cm³/mol. The van der Waals surface area contributed by atoms with E-state index in [1.165, 1.54) is 17.7 Å². The van der Waals surface area contributed by atoms with Gasteiger partial charge < -0.3 is 0 Å². The number of rotatable bonds is 4. The first-order valence-corrected chi connectivity index (χ1v) is 8.42. The average Bonchev–Trinajstić information content (AvgIpc) is 2.65. The lowest BCUT2D eigenvalue weighted by atomic mass is 10.2. The van der Waals surface area contributed by atoms with Gasteiger partial charge in [0.1, 0.15) is 5.82 Å². The molecular formula is C22H20FN3. The lowest BCUT2D eigenvalue weighted by molar-refractivity contribution is 0.628. The topological polar surface area (TPSA) is 37.6 Å². The van der Waals surface area contributed by atoms with Gasteiger partial charge >= 0.3 is 0 Å². The summed E-state index contributed by atoms with van der Waals surface area (Å²) in [6, 6.07) is 19.9. The fourth-order valence-electron chi connectivity index (χ4n) is 2.47. The fraction of sp³-hybridized carbons (Fsp3) is 0.136. The molecule has 4 heteroatoms. The first-order chi connectivity index (χ1) is 12.5. The molecule has 130 valence electrons. The number of aryl methyl sites for hydroxylation is 1. The van der Waals surface area contributed by atoms with Gasteiger partial charge in [0.15, 0.2) is 0 Å². The maximum Gasteiger partial charge on any atom is 0.123 e.